The largest absolute Gasteiger partial charge is 0.508 e. The lowest BCUT2D eigenvalue weighted by atomic mass is 10.1. The average molecular weight is 267 g/mol. The summed E-state index contributed by atoms with van der Waals surface area (Å²) in [6.07, 6.45) is 1.08. The molecule has 2 aromatic carbocycles. The molecule has 1 aliphatic rings. The van der Waals surface area contributed by atoms with Crippen molar-refractivity contribution in [2.24, 2.45) is 4.99 Å². The van der Waals surface area contributed by atoms with E-state index >= 15 is 0 Å². The molecular formula is C16H17N3O. The van der Waals surface area contributed by atoms with Gasteiger partial charge >= 0.3 is 0 Å². The number of aromatic hydroxyl groups is 1. The molecule has 3 N–H and O–H groups in total. The summed E-state index contributed by atoms with van der Waals surface area (Å²) in [5.74, 6) is 1.21. The van der Waals surface area contributed by atoms with Crippen molar-refractivity contribution in [2.75, 3.05) is 18.4 Å². The zero-order chi connectivity index (χ0) is 13.8. The number of aliphatic imine (C=N–C) groups is 1. The normalized spacial score (nSPS) is 14.3. The van der Waals surface area contributed by atoms with Gasteiger partial charge in [-0.05, 0) is 42.8 Å². The minimum atomic E-state index is 0.266. The summed E-state index contributed by atoms with van der Waals surface area (Å²) in [5, 5.41) is 16.0. The van der Waals surface area contributed by atoms with E-state index in [-0.39, 0.29) is 5.75 Å². The lowest BCUT2D eigenvalue weighted by Gasteiger charge is -2.18. The third-order valence-corrected chi connectivity index (χ3v) is 3.23. The van der Waals surface area contributed by atoms with Crippen LogP contribution < -0.4 is 10.6 Å². The summed E-state index contributed by atoms with van der Waals surface area (Å²) in [5.41, 5.74) is 3.01. The highest BCUT2D eigenvalue weighted by atomic mass is 16.3. The van der Waals surface area contributed by atoms with Gasteiger partial charge in [0.2, 0.25) is 0 Å². The second-order valence-electron chi connectivity index (χ2n) is 4.73. The maximum absolute atomic E-state index is 9.32. The number of anilines is 2. The van der Waals surface area contributed by atoms with E-state index in [0.717, 1.165) is 42.3 Å². The molecule has 0 amide bonds. The van der Waals surface area contributed by atoms with Crippen LogP contribution in [0.1, 0.15) is 12.0 Å². The molecule has 0 saturated carbocycles. The summed E-state index contributed by atoms with van der Waals surface area (Å²) < 4.78 is 0. The van der Waals surface area contributed by atoms with Gasteiger partial charge in [-0.25, -0.2) is 0 Å². The molecular weight excluding hydrogens is 250 g/mol. The van der Waals surface area contributed by atoms with Crippen LogP contribution in [0.2, 0.25) is 0 Å². The number of phenolic OH excluding ortho intramolecular Hbond substituents is 1. The van der Waals surface area contributed by atoms with Gasteiger partial charge in [0.25, 0.3) is 0 Å². The Hall–Kier alpha value is -2.49. The van der Waals surface area contributed by atoms with Crippen molar-refractivity contribution < 1.29 is 5.11 Å². The first-order chi connectivity index (χ1) is 9.83. The van der Waals surface area contributed by atoms with E-state index in [1.165, 1.54) is 0 Å². The molecule has 0 saturated heterocycles. The van der Waals surface area contributed by atoms with Crippen LogP contribution in [-0.2, 0) is 0 Å². The van der Waals surface area contributed by atoms with Crippen LogP contribution in [0.15, 0.2) is 53.5 Å². The SMILES string of the molecule is Oc1ccc(Nc2ccccc2C2=NCCCN2)cc1. The van der Waals surface area contributed by atoms with Crippen LogP contribution in [-0.4, -0.2) is 24.0 Å². The minimum Gasteiger partial charge on any atom is -0.508 e. The van der Waals surface area contributed by atoms with Gasteiger partial charge in [-0.3, -0.25) is 4.99 Å². The molecule has 0 spiro atoms. The molecule has 2 aromatic rings. The fraction of sp³-hybridized carbons (Fsp3) is 0.188. The molecule has 0 aromatic heterocycles. The highest BCUT2D eigenvalue weighted by Gasteiger charge is 2.11. The number of nitrogens with one attached hydrogen (secondary N) is 2. The summed E-state index contributed by atoms with van der Waals surface area (Å²) in [4.78, 5) is 4.54. The molecule has 20 heavy (non-hydrogen) atoms. The van der Waals surface area contributed by atoms with Gasteiger partial charge in [-0.1, -0.05) is 12.1 Å². The first-order valence-corrected chi connectivity index (χ1v) is 6.77. The Morgan fingerprint density at radius 1 is 1.05 bits per heavy atom. The highest BCUT2D eigenvalue weighted by Crippen LogP contribution is 2.23. The quantitative estimate of drug-likeness (QED) is 0.749. The summed E-state index contributed by atoms with van der Waals surface area (Å²) in [6, 6.07) is 15.1. The smallest absolute Gasteiger partial charge is 0.130 e. The minimum absolute atomic E-state index is 0.266. The monoisotopic (exact) mass is 267 g/mol. The Bertz CT molecular complexity index is 620. The molecule has 4 heteroatoms. The van der Waals surface area contributed by atoms with Gasteiger partial charge in [0.15, 0.2) is 0 Å². The van der Waals surface area contributed by atoms with Crippen LogP contribution in [0.5, 0.6) is 5.75 Å². The fourth-order valence-electron chi connectivity index (χ4n) is 2.21. The Balaban J connectivity index is 1.89. The molecule has 0 radical (unpaired) electrons. The number of rotatable bonds is 3. The first-order valence-electron chi connectivity index (χ1n) is 6.77. The van der Waals surface area contributed by atoms with Crippen LogP contribution in [0, 0.1) is 0 Å². The van der Waals surface area contributed by atoms with Crippen molar-refractivity contribution in [1.29, 1.82) is 0 Å². The van der Waals surface area contributed by atoms with Crippen molar-refractivity contribution in [3.8, 4) is 5.75 Å². The molecule has 0 atom stereocenters. The predicted octanol–water partition coefficient (Wildman–Crippen LogP) is 2.88. The van der Waals surface area contributed by atoms with Crippen molar-refractivity contribution in [3.05, 3.63) is 54.1 Å². The highest BCUT2D eigenvalue weighted by molar-refractivity contribution is 6.04. The molecule has 0 unspecified atom stereocenters. The van der Waals surface area contributed by atoms with Gasteiger partial charge in [-0.2, -0.15) is 0 Å². The molecule has 3 rings (SSSR count). The molecule has 0 aliphatic carbocycles. The van der Waals surface area contributed by atoms with Crippen molar-refractivity contribution in [1.82, 2.24) is 5.32 Å². The van der Waals surface area contributed by atoms with Crippen molar-refractivity contribution >= 4 is 17.2 Å². The van der Waals surface area contributed by atoms with Crippen LogP contribution in [0.4, 0.5) is 11.4 Å². The summed E-state index contributed by atoms with van der Waals surface area (Å²) >= 11 is 0. The van der Waals surface area contributed by atoms with Gasteiger partial charge in [0.05, 0.1) is 0 Å². The number of amidine groups is 1. The molecule has 1 aliphatic heterocycles. The number of nitrogens with zero attached hydrogens (tertiary/aromatic N) is 1. The van der Waals surface area contributed by atoms with E-state index in [2.05, 4.69) is 21.7 Å². The van der Waals surface area contributed by atoms with Crippen LogP contribution in [0.25, 0.3) is 0 Å². The lowest BCUT2D eigenvalue weighted by Crippen LogP contribution is -2.30. The van der Waals surface area contributed by atoms with Crippen molar-refractivity contribution in [3.63, 3.8) is 0 Å². The third-order valence-electron chi connectivity index (χ3n) is 3.23. The second kappa shape index (κ2) is 5.65. The molecule has 0 fully saturated rings. The Morgan fingerprint density at radius 2 is 1.85 bits per heavy atom. The fourth-order valence-corrected chi connectivity index (χ4v) is 2.21. The predicted molar refractivity (Wildman–Crippen MR) is 81.9 cm³/mol. The number of hydrogen-bond donors (Lipinski definition) is 3. The average Bonchev–Trinajstić information content (AvgIpc) is 2.51. The van der Waals surface area contributed by atoms with E-state index in [9.17, 15) is 5.11 Å². The van der Waals surface area contributed by atoms with E-state index in [1.807, 2.05) is 30.3 Å². The summed E-state index contributed by atoms with van der Waals surface area (Å²) in [7, 11) is 0. The Labute approximate surface area is 118 Å². The lowest BCUT2D eigenvalue weighted by molar-refractivity contribution is 0.475. The number of benzene rings is 2. The maximum Gasteiger partial charge on any atom is 0.130 e. The molecule has 0 bridgehead atoms. The van der Waals surface area contributed by atoms with E-state index in [0.29, 0.717) is 0 Å². The standard InChI is InChI=1S/C16H17N3O/c20-13-8-6-12(7-9-13)19-15-5-2-1-4-14(15)16-17-10-3-11-18-16/h1-2,4-9,19-20H,3,10-11H2,(H,17,18). The van der Waals surface area contributed by atoms with Gasteiger partial charge in [0.1, 0.15) is 11.6 Å². The topological polar surface area (TPSA) is 56.6 Å². The van der Waals surface area contributed by atoms with E-state index in [1.54, 1.807) is 12.1 Å². The van der Waals surface area contributed by atoms with E-state index < -0.39 is 0 Å². The molecule has 4 nitrogen and oxygen atoms in total. The second-order valence-corrected chi connectivity index (χ2v) is 4.73. The summed E-state index contributed by atoms with van der Waals surface area (Å²) in [6.45, 7) is 1.84. The Morgan fingerprint density at radius 3 is 2.60 bits per heavy atom. The Kier molecular flexibility index (Phi) is 3.54. The zero-order valence-electron chi connectivity index (χ0n) is 11.1. The number of hydrogen-bond acceptors (Lipinski definition) is 4. The first kappa shape index (κ1) is 12.5. The number of phenols is 1. The van der Waals surface area contributed by atoms with Gasteiger partial charge in [-0.15, -0.1) is 0 Å². The van der Waals surface area contributed by atoms with Crippen LogP contribution >= 0.6 is 0 Å². The zero-order valence-corrected chi connectivity index (χ0v) is 11.1. The molecule has 102 valence electrons. The molecule has 1 heterocycles. The van der Waals surface area contributed by atoms with Gasteiger partial charge < -0.3 is 15.7 Å². The van der Waals surface area contributed by atoms with Crippen LogP contribution in [0.3, 0.4) is 0 Å². The van der Waals surface area contributed by atoms with Gasteiger partial charge in [0, 0.05) is 30.0 Å². The maximum atomic E-state index is 9.32. The van der Waals surface area contributed by atoms with Crippen molar-refractivity contribution in [2.45, 2.75) is 6.42 Å². The van der Waals surface area contributed by atoms with E-state index in [4.69, 9.17) is 0 Å². The third kappa shape index (κ3) is 2.74. The number of para-hydroxylation sites is 1.